The van der Waals surface area contributed by atoms with E-state index in [0.717, 1.165) is 4.90 Å². The van der Waals surface area contributed by atoms with Gasteiger partial charge in [-0.3, -0.25) is 19.2 Å². The van der Waals surface area contributed by atoms with Gasteiger partial charge in [-0.25, -0.2) is 4.57 Å². The van der Waals surface area contributed by atoms with E-state index in [1.807, 2.05) is 0 Å². The zero-order valence-electron chi connectivity index (χ0n) is 11.3. The van der Waals surface area contributed by atoms with Crippen LogP contribution in [0.4, 0.5) is 0 Å². The topological polar surface area (TPSA) is 155 Å². The molecule has 0 radical (unpaired) electrons. The first kappa shape index (κ1) is 17.8. The Morgan fingerprint density at radius 1 is 1.62 bits per heavy atom. The van der Waals surface area contributed by atoms with Crippen molar-refractivity contribution in [3.8, 4) is 0 Å². The van der Waals surface area contributed by atoms with Gasteiger partial charge < -0.3 is 25.4 Å². The van der Waals surface area contributed by atoms with Crippen molar-refractivity contribution < 1.29 is 33.5 Å². The van der Waals surface area contributed by atoms with Crippen molar-refractivity contribution in [3.05, 3.63) is 12.3 Å². The van der Waals surface area contributed by atoms with Crippen molar-refractivity contribution >= 4 is 20.1 Å². The highest BCUT2D eigenvalue weighted by molar-refractivity contribution is 7.46. The van der Waals surface area contributed by atoms with Gasteiger partial charge in [-0.2, -0.15) is 0 Å². The van der Waals surface area contributed by atoms with Gasteiger partial charge in [-0.1, -0.05) is 0 Å². The average Bonchev–Trinajstić information content (AvgIpc) is 2.78. The molecule has 0 aromatic heterocycles. The van der Waals surface area contributed by atoms with E-state index in [1.54, 1.807) is 0 Å². The number of carbonyl (C=O) groups is 1. The molecule has 21 heavy (non-hydrogen) atoms. The highest BCUT2D eigenvalue weighted by Gasteiger charge is 2.38. The Morgan fingerprint density at radius 2 is 2.29 bits per heavy atom. The van der Waals surface area contributed by atoms with Crippen LogP contribution in [0.2, 0.25) is 0 Å². The molecule has 120 valence electrons. The van der Waals surface area contributed by atoms with Gasteiger partial charge in [0, 0.05) is 19.7 Å². The molecule has 5 N–H and O–H groups in total. The highest BCUT2D eigenvalue weighted by atomic mass is 31.2. The van der Waals surface area contributed by atoms with E-state index in [-0.39, 0.29) is 12.3 Å². The van der Waals surface area contributed by atoms with E-state index in [9.17, 15) is 14.5 Å². The minimum atomic E-state index is -4.61. The van der Waals surface area contributed by atoms with Gasteiger partial charge >= 0.3 is 7.82 Å². The number of aliphatic imine (C=N–C) groups is 1. The summed E-state index contributed by atoms with van der Waals surface area (Å²) in [6, 6.07) is 0. The predicted molar refractivity (Wildman–Crippen MR) is 71.9 cm³/mol. The van der Waals surface area contributed by atoms with Crippen molar-refractivity contribution in [2.75, 3.05) is 13.7 Å². The van der Waals surface area contributed by atoms with Crippen LogP contribution >= 0.6 is 7.82 Å². The number of phosphoric acid groups is 1. The quantitative estimate of drug-likeness (QED) is 0.191. The molecule has 3 unspecified atom stereocenters. The van der Waals surface area contributed by atoms with Crippen LogP contribution in [-0.2, 0) is 18.6 Å². The average molecular weight is 323 g/mol. The maximum atomic E-state index is 11.0. The first-order valence-electron chi connectivity index (χ1n) is 5.93. The molecule has 0 aromatic carbocycles. The van der Waals surface area contributed by atoms with E-state index in [1.165, 1.54) is 19.3 Å². The number of aliphatic hydroxyl groups excluding tert-OH is 1. The molecule has 3 atom stereocenters. The molecule has 0 aromatic rings. The van der Waals surface area contributed by atoms with Gasteiger partial charge in [0.25, 0.3) is 0 Å². The first-order valence-corrected chi connectivity index (χ1v) is 7.46. The number of amidine groups is 1. The van der Waals surface area contributed by atoms with Crippen LogP contribution in [0.5, 0.6) is 0 Å². The predicted octanol–water partition coefficient (Wildman–Crippen LogP) is -1.47. The Bertz CT molecular complexity index is 464. The van der Waals surface area contributed by atoms with Gasteiger partial charge in [-0.15, -0.1) is 0 Å². The lowest BCUT2D eigenvalue weighted by molar-refractivity contribution is -0.132. The van der Waals surface area contributed by atoms with Gasteiger partial charge in [0.2, 0.25) is 6.41 Å². The fourth-order valence-electron chi connectivity index (χ4n) is 1.70. The number of aliphatic hydroxyl groups is 1. The molecule has 1 heterocycles. The molecule has 0 spiro atoms. The first-order chi connectivity index (χ1) is 9.76. The number of hydrogen-bond acceptors (Lipinski definition) is 6. The summed E-state index contributed by atoms with van der Waals surface area (Å²) in [5.74, 6) is 0.177. The third-order valence-corrected chi connectivity index (χ3v) is 3.17. The zero-order chi connectivity index (χ0) is 16.0. The van der Waals surface area contributed by atoms with E-state index in [4.69, 9.17) is 20.3 Å². The number of hydrogen-bond donors (Lipinski definition) is 4. The van der Waals surface area contributed by atoms with Crippen LogP contribution in [0.3, 0.4) is 0 Å². The molecule has 11 heteroatoms. The fourth-order valence-corrected chi connectivity index (χ4v) is 2.06. The Balaban J connectivity index is 2.64. The summed E-state index contributed by atoms with van der Waals surface area (Å²) >= 11 is 0. The maximum absolute atomic E-state index is 11.0. The summed E-state index contributed by atoms with van der Waals surface area (Å²) in [5.41, 5.74) is 5.44. The molecule has 0 saturated carbocycles. The number of phosphoric ester groups is 1. The van der Waals surface area contributed by atoms with Crippen molar-refractivity contribution in [1.29, 1.82) is 0 Å². The number of rotatable bonds is 7. The van der Waals surface area contributed by atoms with Gasteiger partial charge in [0.1, 0.15) is 11.9 Å². The van der Waals surface area contributed by atoms with E-state index in [2.05, 4.69) is 9.52 Å². The second-order valence-electron chi connectivity index (χ2n) is 4.25. The van der Waals surface area contributed by atoms with Crippen LogP contribution in [-0.4, -0.2) is 64.1 Å². The number of ether oxygens (including phenoxy) is 1. The van der Waals surface area contributed by atoms with Crippen LogP contribution in [0.1, 0.15) is 6.42 Å². The third-order valence-electron chi connectivity index (χ3n) is 2.69. The summed E-state index contributed by atoms with van der Waals surface area (Å²) in [7, 11) is -3.14. The minimum absolute atomic E-state index is 0.0696. The SMILES string of the molecule is C/N=C(N)\C=C/N(C=O)C1OC(COP(=O)(O)O)CC1O. The Hall–Kier alpha value is -1.29. The summed E-state index contributed by atoms with van der Waals surface area (Å²) in [4.78, 5) is 32.9. The minimum Gasteiger partial charge on any atom is -0.388 e. The third kappa shape index (κ3) is 5.92. The van der Waals surface area contributed by atoms with E-state index >= 15 is 0 Å². The van der Waals surface area contributed by atoms with Gasteiger partial charge in [-0.05, 0) is 6.08 Å². The molecule has 0 aliphatic carbocycles. The largest absolute Gasteiger partial charge is 0.469 e. The molecular weight excluding hydrogens is 305 g/mol. The van der Waals surface area contributed by atoms with Crippen LogP contribution in [0.25, 0.3) is 0 Å². The standard InChI is InChI=1S/C10H18N3O7P/c1-12-9(11)2-3-13(6-14)10-8(15)4-7(20-10)5-19-21(16,17)18/h2-3,6-8,10,15H,4-5H2,1H3,(H2,11,12)(H2,16,17,18)/b3-2-. The molecule has 1 saturated heterocycles. The van der Waals surface area contributed by atoms with E-state index in [0.29, 0.717) is 6.41 Å². The molecule has 1 rings (SSSR count). The van der Waals surface area contributed by atoms with Crippen molar-refractivity contribution in [2.24, 2.45) is 10.7 Å². The highest BCUT2D eigenvalue weighted by Crippen LogP contribution is 2.37. The summed E-state index contributed by atoms with van der Waals surface area (Å²) in [6.45, 7) is -0.396. The summed E-state index contributed by atoms with van der Waals surface area (Å²) in [6.07, 6.45) is 0.378. The second kappa shape index (κ2) is 7.64. The lowest BCUT2D eigenvalue weighted by atomic mass is 10.2. The lowest BCUT2D eigenvalue weighted by Crippen LogP contribution is -2.37. The molecule has 1 aliphatic heterocycles. The van der Waals surface area contributed by atoms with Crippen LogP contribution in [0.15, 0.2) is 17.3 Å². The van der Waals surface area contributed by atoms with E-state index < -0.39 is 32.9 Å². The van der Waals surface area contributed by atoms with Crippen LogP contribution in [0, 0.1) is 0 Å². The molecule has 1 amide bonds. The van der Waals surface area contributed by atoms with Crippen molar-refractivity contribution in [1.82, 2.24) is 4.90 Å². The molecule has 1 fully saturated rings. The molecule has 10 nitrogen and oxygen atoms in total. The Morgan fingerprint density at radius 3 is 2.81 bits per heavy atom. The van der Waals surface area contributed by atoms with Gasteiger partial charge in [0.05, 0.1) is 12.7 Å². The Labute approximate surface area is 121 Å². The Kier molecular flexibility index (Phi) is 6.46. The molecule has 1 aliphatic rings. The number of nitrogens with zero attached hydrogens (tertiary/aromatic N) is 2. The van der Waals surface area contributed by atoms with Crippen LogP contribution < -0.4 is 5.73 Å². The lowest BCUT2D eigenvalue weighted by Gasteiger charge is -2.23. The molecule has 0 bridgehead atoms. The van der Waals surface area contributed by atoms with Gasteiger partial charge in [0.15, 0.2) is 6.23 Å². The summed E-state index contributed by atoms with van der Waals surface area (Å²) < 4.78 is 20.2. The van der Waals surface area contributed by atoms with Crippen molar-refractivity contribution in [2.45, 2.75) is 24.9 Å². The normalized spacial score (nSPS) is 27.2. The monoisotopic (exact) mass is 323 g/mol. The number of nitrogens with two attached hydrogens (primary N) is 1. The van der Waals surface area contributed by atoms with Crippen molar-refractivity contribution in [3.63, 3.8) is 0 Å². The molecular formula is C10H18N3O7P. The maximum Gasteiger partial charge on any atom is 0.469 e. The summed E-state index contributed by atoms with van der Waals surface area (Å²) in [5, 5.41) is 9.84. The smallest absolute Gasteiger partial charge is 0.388 e. The second-order valence-corrected chi connectivity index (χ2v) is 5.49. The number of carbonyl (C=O) groups excluding carboxylic acids is 1. The zero-order valence-corrected chi connectivity index (χ0v) is 12.2. The fraction of sp³-hybridized carbons (Fsp3) is 0.600. The number of amides is 1.